The number of nitrogens with zero attached hydrogens (tertiary/aromatic N) is 2. The molecule has 94 valence electrons. The van der Waals surface area contributed by atoms with Crippen molar-refractivity contribution in [1.29, 1.82) is 0 Å². The molecule has 4 heteroatoms. The Hall–Kier alpha value is -1.13. The van der Waals surface area contributed by atoms with E-state index in [-0.39, 0.29) is 5.56 Å². The summed E-state index contributed by atoms with van der Waals surface area (Å²) in [6.45, 7) is 3.97. The lowest BCUT2D eigenvalue weighted by Crippen LogP contribution is -2.39. The monoisotopic (exact) mass is 235 g/mol. The summed E-state index contributed by atoms with van der Waals surface area (Å²) in [5.74, 6) is 0. The van der Waals surface area contributed by atoms with Gasteiger partial charge in [0.25, 0.3) is 5.56 Å². The summed E-state index contributed by atoms with van der Waals surface area (Å²) in [6, 6.07) is 5.96. The topological polar surface area (TPSA) is 37.3 Å². The zero-order valence-electron chi connectivity index (χ0n) is 10.4. The molecule has 1 aromatic heterocycles. The van der Waals surface area contributed by atoms with Crippen molar-refractivity contribution in [3.63, 3.8) is 0 Å². The Kier molecular flexibility index (Phi) is 4.34. The fourth-order valence-corrected chi connectivity index (χ4v) is 2.54. The lowest BCUT2D eigenvalue weighted by atomic mass is 10.2. The molecule has 0 aromatic carbocycles. The number of nitrogens with one attached hydrogen (secondary N) is 1. The largest absolute Gasteiger partial charge is 0.318 e. The highest BCUT2D eigenvalue weighted by molar-refractivity contribution is 4.93. The maximum Gasteiger partial charge on any atom is 0.250 e. The summed E-state index contributed by atoms with van der Waals surface area (Å²) >= 11 is 0. The first-order valence-corrected chi connectivity index (χ1v) is 6.35. The molecular weight excluding hydrogens is 214 g/mol. The van der Waals surface area contributed by atoms with Gasteiger partial charge in [-0.3, -0.25) is 9.69 Å². The van der Waals surface area contributed by atoms with E-state index in [0.717, 1.165) is 26.2 Å². The quantitative estimate of drug-likeness (QED) is 0.809. The molecule has 1 aliphatic rings. The van der Waals surface area contributed by atoms with Gasteiger partial charge < -0.3 is 9.88 Å². The fraction of sp³-hybridized carbons (Fsp3) is 0.615. The summed E-state index contributed by atoms with van der Waals surface area (Å²) in [5.41, 5.74) is 0.0943. The number of hydrogen-bond acceptors (Lipinski definition) is 3. The van der Waals surface area contributed by atoms with Gasteiger partial charge in [0.2, 0.25) is 0 Å². The van der Waals surface area contributed by atoms with E-state index in [2.05, 4.69) is 10.2 Å². The molecule has 0 aliphatic carbocycles. The molecule has 0 amide bonds. The van der Waals surface area contributed by atoms with Crippen molar-refractivity contribution in [2.24, 2.45) is 0 Å². The SMILES string of the molecule is CNCC1CCCN1CCn1ccccc1=O. The summed E-state index contributed by atoms with van der Waals surface area (Å²) in [5, 5.41) is 3.24. The number of pyridine rings is 1. The standard InChI is InChI=1S/C13H21N3O/c1-14-11-12-5-4-8-15(12)9-10-16-7-3-2-6-13(16)17/h2-3,6-7,12,14H,4-5,8-11H2,1H3. The van der Waals surface area contributed by atoms with Crippen LogP contribution in [0.2, 0.25) is 0 Å². The van der Waals surface area contributed by atoms with Crippen LogP contribution in [0.25, 0.3) is 0 Å². The van der Waals surface area contributed by atoms with Crippen molar-refractivity contribution in [2.45, 2.75) is 25.4 Å². The molecule has 1 aliphatic heterocycles. The molecule has 2 heterocycles. The Morgan fingerprint density at radius 1 is 1.41 bits per heavy atom. The maximum atomic E-state index is 11.6. The van der Waals surface area contributed by atoms with Crippen molar-refractivity contribution in [2.75, 3.05) is 26.7 Å². The number of aromatic nitrogens is 1. The highest BCUT2D eigenvalue weighted by atomic mass is 16.1. The second-order valence-corrected chi connectivity index (χ2v) is 4.62. The molecule has 17 heavy (non-hydrogen) atoms. The molecule has 0 radical (unpaired) electrons. The van der Waals surface area contributed by atoms with Gasteiger partial charge in [-0.1, -0.05) is 6.07 Å². The van der Waals surface area contributed by atoms with Crippen LogP contribution >= 0.6 is 0 Å². The molecule has 4 nitrogen and oxygen atoms in total. The van der Waals surface area contributed by atoms with Gasteiger partial charge in [-0.2, -0.15) is 0 Å². The van der Waals surface area contributed by atoms with Crippen molar-refractivity contribution in [3.05, 3.63) is 34.7 Å². The molecule has 1 unspecified atom stereocenters. The Morgan fingerprint density at radius 3 is 3.06 bits per heavy atom. The Bertz CT molecular complexity index is 402. The van der Waals surface area contributed by atoms with Crippen LogP contribution in [0.15, 0.2) is 29.2 Å². The lowest BCUT2D eigenvalue weighted by Gasteiger charge is -2.24. The van der Waals surface area contributed by atoms with Crippen LogP contribution in [0.1, 0.15) is 12.8 Å². The maximum absolute atomic E-state index is 11.6. The molecule has 2 rings (SSSR count). The second kappa shape index (κ2) is 5.98. The van der Waals surface area contributed by atoms with Gasteiger partial charge in [0.05, 0.1) is 0 Å². The van der Waals surface area contributed by atoms with Gasteiger partial charge in [0.1, 0.15) is 0 Å². The predicted octanol–water partition coefficient (Wildman–Crippen LogP) is 0.532. The van der Waals surface area contributed by atoms with Crippen LogP contribution < -0.4 is 10.9 Å². The van der Waals surface area contributed by atoms with Gasteiger partial charge in [-0.15, -0.1) is 0 Å². The smallest absolute Gasteiger partial charge is 0.250 e. The van der Waals surface area contributed by atoms with E-state index in [9.17, 15) is 4.79 Å². The molecule has 1 N–H and O–H groups in total. The highest BCUT2D eigenvalue weighted by Gasteiger charge is 2.22. The highest BCUT2D eigenvalue weighted by Crippen LogP contribution is 2.15. The zero-order valence-corrected chi connectivity index (χ0v) is 10.4. The van der Waals surface area contributed by atoms with E-state index in [1.807, 2.05) is 19.3 Å². The van der Waals surface area contributed by atoms with Gasteiger partial charge >= 0.3 is 0 Å². The van der Waals surface area contributed by atoms with Crippen LogP contribution in [0, 0.1) is 0 Å². The molecule has 1 fully saturated rings. The Morgan fingerprint density at radius 2 is 2.29 bits per heavy atom. The zero-order chi connectivity index (χ0) is 12.1. The van der Waals surface area contributed by atoms with Crippen LogP contribution in [0.4, 0.5) is 0 Å². The summed E-state index contributed by atoms with van der Waals surface area (Å²) in [6.07, 6.45) is 4.41. The molecule has 0 bridgehead atoms. The minimum absolute atomic E-state index is 0.0943. The minimum Gasteiger partial charge on any atom is -0.318 e. The van der Waals surface area contributed by atoms with Gasteiger partial charge in [-0.25, -0.2) is 0 Å². The summed E-state index contributed by atoms with van der Waals surface area (Å²) < 4.78 is 1.79. The number of likely N-dealkylation sites (N-methyl/N-ethyl adjacent to an activating group) is 1. The average Bonchev–Trinajstić information content (AvgIpc) is 2.76. The van der Waals surface area contributed by atoms with Crippen molar-refractivity contribution in [1.82, 2.24) is 14.8 Å². The first-order valence-electron chi connectivity index (χ1n) is 6.35. The third kappa shape index (κ3) is 3.17. The molecule has 1 atom stereocenters. The van der Waals surface area contributed by atoms with Gasteiger partial charge in [0, 0.05) is 37.9 Å². The first kappa shape index (κ1) is 12.3. The summed E-state index contributed by atoms with van der Waals surface area (Å²) in [4.78, 5) is 14.0. The average molecular weight is 235 g/mol. The summed E-state index contributed by atoms with van der Waals surface area (Å²) in [7, 11) is 2.00. The van der Waals surface area contributed by atoms with E-state index in [0.29, 0.717) is 6.04 Å². The van der Waals surface area contributed by atoms with E-state index in [1.54, 1.807) is 16.7 Å². The number of rotatable bonds is 5. The van der Waals surface area contributed by atoms with E-state index >= 15 is 0 Å². The normalized spacial score (nSPS) is 20.9. The van der Waals surface area contributed by atoms with Crippen LogP contribution in [0.5, 0.6) is 0 Å². The van der Waals surface area contributed by atoms with Gasteiger partial charge in [0.15, 0.2) is 0 Å². The lowest BCUT2D eigenvalue weighted by molar-refractivity contribution is 0.240. The van der Waals surface area contributed by atoms with Crippen LogP contribution in [-0.4, -0.2) is 42.2 Å². The molecule has 0 saturated carbocycles. The predicted molar refractivity (Wildman–Crippen MR) is 69.2 cm³/mol. The number of likely N-dealkylation sites (tertiary alicyclic amines) is 1. The van der Waals surface area contributed by atoms with Gasteiger partial charge in [-0.05, 0) is 32.5 Å². The molecule has 1 aromatic rings. The van der Waals surface area contributed by atoms with E-state index < -0.39 is 0 Å². The van der Waals surface area contributed by atoms with Crippen LogP contribution in [0.3, 0.4) is 0 Å². The van der Waals surface area contributed by atoms with Crippen molar-refractivity contribution < 1.29 is 0 Å². The third-order valence-electron chi connectivity index (χ3n) is 3.47. The number of hydrogen-bond donors (Lipinski definition) is 1. The molecular formula is C13H21N3O. The Balaban J connectivity index is 1.89. The van der Waals surface area contributed by atoms with Crippen molar-refractivity contribution in [3.8, 4) is 0 Å². The molecule has 1 saturated heterocycles. The Labute approximate surface area is 102 Å². The second-order valence-electron chi connectivity index (χ2n) is 4.62. The van der Waals surface area contributed by atoms with E-state index in [4.69, 9.17) is 0 Å². The van der Waals surface area contributed by atoms with Crippen LogP contribution in [-0.2, 0) is 6.54 Å². The first-order chi connectivity index (χ1) is 8.31. The molecule has 0 spiro atoms. The van der Waals surface area contributed by atoms with Crippen molar-refractivity contribution >= 4 is 0 Å². The van der Waals surface area contributed by atoms with E-state index in [1.165, 1.54) is 12.8 Å². The minimum atomic E-state index is 0.0943. The third-order valence-corrected chi connectivity index (χ3v) is 3.47. The fourth-order valence-electron chi connectivity index (χ4n) is 2.54.